The van der Waals surface area contributed by atoms with E-state index in [1.807, 2.05) is 18.2 Å². The molecule has 2 aliphatic carbocycles. The van der Waals surface area contributed by atoms with E-state index < -0.39 is 0 Å². The van der Waals surface area contributed by atoms with Gasteiger partial charge in [-0.1, -0.05) is 12.1 Å². The molecule has 0 N–H and O–H groups in total. The average molecular weight is 460 g/mol. The molecule has 1 amide bonds. The summed E-state index contributed by atoms with van der Waals surface area (Å²) in [4.78, 5) is 22.7. The normalized spacial score (nSPS) is 31.4. The number of amides is 1. The van der Waals surface area contributed by atoms with Crippen LogP contribution in [0.5, 0.6) is 11.5 Å². The van der Waals surface area contributed by atoms with Crippen molar-refractivity contribution in [3.8, 4) is 11.5 Å². The lowest BCUT2D eigenvalue weighted by atomic mass is 9.55. The molecule has 4 heterocycles. The van der Waals surface area contributed by atoms with Crippen LogP contribution in [0.25, 0.3) is 0 Å². The Balaban J connectivity index is 1.26. The maximum absolute atomic E-state index is 13.4. The van der Waals surface area contributed by atoms with Crippen LogP contribution in [0.1, 0.15) is 42.5 Å². The van der Waals surface area contributed by atoms with E-state index in [0.29, 0.717) is 24.9 Å². The van der Waals surface area contributed by atoms with E-state index in [1.165, 1.54) is 30.5 Å². The first-order chi connectivity index (χ1) is 16.7. The number of hydrogen-bond acceptors (Lipinski definition) is 5. The number of hydrogen-bond donors (Lipinski definition) is 0. The first-order valence-electron chi connectivity index (χ1n) is 13.0. The van der Waals surface area contributed by atoms with Gasteiger partial charge in [0.1, 0.15) is 6.10 Å². The number of nitrogens with zero attached hydrogens (tertiary/aromatic N) is 3. The van der Waals surface area contributed by atoms with Gasteiger partial charge in [0, 0.05) is 42.0 Å². The Morgan fingerprint density at radius 3 is 2.91 bits per heavy atom. The highest BCUT2D eigenvalue weighted by molar-refractivity contribution is 5.78. The molecular weight excluding hydrogens is 426 g/mol. The number of rotatable bonds is 5. The zero-order valence-corrected chi connectivity index (χ0v) is 19.9. The van der Waals surface area contributed by atoms with Gasteiger partial charge in [-0.3, -0.25) is 14.7 Å². The molecule has 34 heavy (non-hydrogen) atoms. The second-order valence-electron chi connectivity index (χ2n) is 11.0. The Kier molecular flexibility index (Phi) is 4.70. The summed E-state index contributed by atoms with van der Waals surface area (Å²) in [7, 11) is 1.73. The van der Waals surface area contributed by atoms with Crippen LogP contribution in [0.3, 0.4) is 0 Å². The van der Waals surface area contributed by atoms with Gasteiger partial charge in [-0.05, 0) is 74.2 Å². The van der Waals surface area contributed by atoms with Crippen LogP contribution in [-0.4, -0.2) is 66.1 Å². The Morgan fingerprint density at radius 2 is 2.12 bits per heavy atom. The quantitative estimate of drug-likeness (QED) is 0.687. The monoisotopic (exact) mass is 459 g/mol. The largest absolute Gasteiger partial charge is 0.493 e. The summed E-state index contributed by atoms with van der Waals surface area (Å²) < 4.78 is 12.5. The number of ether oxygens (including phenoxy) is 2. The van der Waals surface area contributed by atoms with Crippen molar-refractivity contribution in [2.24, 2.45) is 11.8 Å². The zero-order chi connectivity index (χ0) is 22.9. The molecule has 0 unspecified atom stereocenters. The Hall–Kier alpha value is -2.60. The first kappa shape index (κ1) is 20.7. The minimum atomic E-state index is -0.0117. The molecular formula is C28H33N3O3. The van der Waals surface area contributed by atoms with Gasteiger partial charge < -0.3 is 14.4 Å². The van der Waals surface area contributed by atoms with Crippen LogP contribution in [0.15, 0.2) is 36.5 Å². The van der Waals surface area contributed by atoms with Gasteiger partial charge in [-0.25, -0.2) is 0 Å². The molecule has 1 saturated carbocycles. The predicted molar refractivity (Wildman–Crippen MR) is 128 cm³/mol. The van der Waals surface area contributed by atoms with Gasteiger partial charge in [0.25, 0.3) is 0 Å². The first-order valence-corrected chi connectivity index (χ1v) is 13.0. The van der Waals surface area contributed by atoms with Crippen LogP contribution in [0, 0.1) is 11.8 Å². The lowest BCUT2D eigenvalue weighted by molar-refractivity contribution is -0.131. The maximum Gasteiger partial charge on any atom is 0.228 e. The molecule has 3 aliphatic heterocycles. The Labute approximate surface area is 201 Å². The number of aromatic nitrogens is 1. The topological polar surface area (TPSA) is 54.9 Å². The minimum absolute atomic E-state index is 0.0105. The summed E-state index contributed by atoms with van der Waals surface area (Å²) in [5.41, 5.74) is 3.67. The van der Waals surface area contributed by atoms with Crippen molar-refractivity contribution < 1.29 is 14.3 Å². The number of piperidine rings is 1. The fourth-order valence-corrected chi connectivity index (χ4v) is 7.55. The molecule has 1 spiro atoms. The Morgan fingerprint density at radius 1 is 1.21 bits per heavy atom. The molecule has 178 valence electrons. The van der Waals surface area contributed by atoms with E-state index in [2.05, 4.69) is 26.9 Å². The minimum Gasteiger partial charge on any atom is -0.493 e. The second-order valence-corrected chi connectivity index (χ2v) is 11.0. The molecule has 2 saturated heterocycles. The highest BCUT2D eigenvalue weighted by atomic mass is 16.5. The molecule has 2 aromatic rings. The molecule has 6 heteroatoms. The second kappa shape index (κ2) is 7.70. The number of likely N-dealkylation sites (tertiary alicyclic amines) is 2. The molecule has 5 aliphatic rings. The average Bonchev–Trinajstić information content (AvgIpc) is 3.64. The molecule has 3 fully saturated rings. The smallest absolute Gasteiger partial charge is 0.228 e. The number of carbonyl (C=O) groups is 1. The number of methoxy groups -OCH3 is 1. The van der Waals surface area contributed by atoms with E-state index in [4.69, 9.17) is 9.47 Å². The van der Waals surface area contributed by atoms with E-state index in [-0.39, 0.29) is 17.4 Å². The van der Waals surface area contributed by atoms with Crippen LogP contribution >= 0.6 is 0 Å². The lowest BCUT2D eigenvalue weighted by Crippen LogP contribution is -2.63. The van der Waals surface area contributed by atoms with Crippen molar-refractivity contribution in [1.29, 1.82) is 0 Å². The van der Waals surface area contributed by atoms with Gasteiger partial charge in [0.2, 0.25) is 5.91 Å². The van der Waals surface area contributed by atoms with Gasteiger partial charge in [0.05, 0.1) is 20.1 Å². The van der Waals surface area contributed by atoms with Crippen molar-refractivity contribution in [3.63, 3.8) is 0 Å². The SMILES string of the molecule is COc1ccc2c3c1O[C@H]1CN(C(=O)Cc4ccccn4)CC[C@H]4[C@@H](C2)N(CC2CC2)CC[C@]314. The van der Waals surface area contributed by atoms with Crippen LogP contribution < -0.4 is 9.47 Å². The molecule has 1 aromatic heterocycles. The Bertz CT molecular complexity index is 1120. The molecule has 4 atom stereocenters. The summed E-state index contributed by atoms with van der Waals surface area (Å²) in [6.45, 7) is 3.83. The van der Waals surface area contributed by atoms with Crippen molar-refractivity contribution in [1.82, 2.24) is 14.8 Å². The predicted octanol–water partition coefficient (Wildman–Crippen LogP) is 3.22. The summed E-state index contributed by atoms with van der Waals surface area (Å²) in [6.07, 6.45) is 8.12. The summed E-state index contributed by atoms with van der Waals surface area (Å²) in [6, 6.07) is 10.7. The molecule has 7 rings (SSSR count). The third-order valence-electron chi connectivity index (χ3n) is 9.26. The van der Waals surface area contributed by atoms with E-state index in [1.54, 1.807) is 13.3 Å². The molecule has 2 bridgehead atoms. The number of carbonyl (C=O) groups excluding carboxylic acids is 1. The van der Waals surface area contributed by atoms with Crippen LogP contribution in [0.4, 0.5) is 0 Å². The highest BCUT2D eigenvalue weighted by Gasteiger charge is 2.63. The third kappa shape index (κ3) is 3.03. The zero-order valence-electron chi connectivity index (χ0n) is 19.9. The summed E-state index contributed by atoms with van der Waals surface area (Å²) in [5.74, 6) is 3.34. The molecule has 1 aromatic carbocycles. The van der Waals surface area contributed by atoms with Gasteiger partial charge in [0.15, 0.2) is 11.5 Å². The van der Waals surface area contributed by atoms with Crippen molar-refractivity contribution >= 4 is 5.91 Å². The fourth-order valence-electron chi connectivity index (χ4n) is 7.55. The maximum atomic E-state index is 13.4. The van der Waals surface area contributed by atoms with Crippen molar-refractivity contribution in [2.75, 3.05) is 33.3 Å². The van der Waals surface area contributed by atoms with Gasteiger partial charge >= 0.3 is 0 Å². The van der Waals surface area contributed by atoms with Crippen molar-refractivity contribution in [2.45, 2.75) is 56.1 Å². The fraction of sp³-hybridized carbons (Fsp3) is 0.571. The van der Waals surface area contributed by atoms with E-state index >= 15 is 0 Å². The summed E-state index contributed by atoms with van der Waals surface area (Å²) >= 11 is 0. The molecule has 6 nitrogen and oxygen atoms in total. The van der Waals surface area contributed by atoms with Crippen LogP contribution in [-0.2, 0) is 23.1 Å². The van der Waals surface area contributed by atoms with E-state index in [9.17, 15) is 4.79 Å². The van der Waals surface area contributed by atoms with Gasteiger partial charge in [-0.2, -0.15) is 0 Å². The lowest BCUT2D eigenvalue weighted by Gasteiger charge is -2.55. The third-order valence-corrected chi connectivity index (χ3v) is 9.26. The molecule has 0 radical (unpaired) electrons. The number of benzene rings is 1. The van der Waals surface area contributed by atoms with Gasteiger partial charge in [-0.15, -0.1) is 0 Å². The van der Waals surface area contributed by atoms with E-state index in [0.717, 1.165) is 55.5 Å². The highest BCUT2D eigenvalue weighted by Crippen LogP contribution is 2.62. The standard InChI is InChI=1S/C28H33N3O3/c1-33-23-8-7-19-14-22-21-9-12-31(25(32)15-20-4-2-3-11-29-20)17-24-28(21,26(19)27(23)34-24)10-13-30(22)16-18-5-6-18/h2-4,7-8,11,18,21-22,24H,5-6,9-10,12-17H2,1H3/t21-,22+,24-,28+/m0/s1. The number of pyridine rings is 1. The summed E-state index contributed by atoms with van der Waals surface area (Å²) in [5, 5.41) is 0. The van der Waals surface area contributed by atoms with Crippen LogP contribution in [0.2, 0.25) is 0 Å². The van der Waals surface area contributed by atoms with Crippen molar-refractivity contribution in [3.05, 3.63) is 53.3 Å².